The van der Waals surface area contributed by atoms with Gasteiger partial charge in [-0.3, -0.25) is 9.36 Å². The molecule has 5 rings (SSSR count). The number of thiophene rings is 1. The molecule has 1 N–H and O–H groups in total. The molecule has 0 fully saturated rings. The van der Waals surface area contributed by atoms with E-state index in [-0.39, 0.29) is 24.2 Å². The molecule has 0 saturated heterocycles. The highest BCUT2D eigenvalue weighted by molar-refractivity contribution is 7.18. The van der Waals surface area contributed by atoms with Crippen LogP contribution < -0.4 is 5.56 Å². The molecule has 1 aromatic carbocycles. The van der Waals surface area contributed by atoms with Gasteiger partial charge in [0.25, 0.3) is 5.56 Å². The summed E-state index contributed by atoms with van der Waals surface area (Å²) < 4.78 is 31.0. The van der Waals surface area contributed by atoms with Crippen molar-refractivity contribution in [2.24, 2.45) is 0 Å². The maximum atomic E-state index is 14.7. The predicted octanol–water partition coefficient (Wildman–Crippen LogP) is 3.57. The van der Waals surface area contributed by atoms with E-state index in [1.807, 2.05) is 0 Å². The van der Waals surface area contributed by atoms with Gasteiger partial charge in [0.2, 0.25) is 0 Å². The van der Waals surface area contributed by atoms with E-state index in [1.165, 1.54) is 45.6 Å². The summed E-state index contributed by atoms with van der Waals surface area (Å²) in [6, 6.07) is 2.99. The average molecular weight is 472 g/mol. The number of fused-ring (bicyclic) bond motifs is 3. The minimum atomic E-state index is -1.89. The van der Waals surface area contributed by atoms with Crippen LogP contribution >= 0.6 is 11.3 Å². The Morgan fingerprint density at radius 3 is 2.67 bits per heavy atom. The minimum Gasteiger partial charge on any atom is -0.381 e. The second-order valence-electron chi connectivity index (χ2n) is 8.52. The van der Waals surface area contributed by atoms with Gasteiger partial charge in [-0.25, -0.2) is 23.4 Å². The largest absolute Gasteiger partial charge is 0.381 e. The molecule has 1 aliphatic rings. The number of aryl methyl sites for hydroxylation is 2. The van der Waals surface area contributed by atoms with E-state index in [2.05, 4.69) is 15.1 Å². The van der Waals surface area contributed by atoms with Gasteiger partial charge in [0.1, 0.15) is 34.7 Å². The van der Waals surface area contributed by atoms with E-state index in [9.17, 15) is 18.7 Å². The quantitative estimate of drug-likeness (QED) is 0.481. The molecule has 7 nitrogen and oxygen atoms in total. The lowest BCUT2D eigenvalue weighted by Crippen LogP contribution is -2.40. The van der Waals surface area contributed by atoms with Crippen LogP contribution in [0.1, 0.15) is 41.7 Å². The normalized spacial score (nSPS) is 16.2. The first-order valence-corrected chi connectivity index (χ1v) is 11.8. The molecule has 3 aromatic heterocycles. The zero-order valence-corrected chi connectivity index (χ0v) is 18.7. The lowest BCUT2D eigenvalue weighted by atomic mass is 9.92. The van der Waals surface area contributed by atoms with Gasteiger partial charge in [0.15, 0.2) is 0 Å². The van der Waals surface area contributed by atoms with Crippen molar-refractivity contribution in [3.8, 4) is 0 Å². The molecule has 4 aromatic rings. The van der Waals surface area contributed by atoms with Crippen molar-refractivity contribution in [2.75, 3.05) is 0 Å². The van der Waals surface area contributed by atoms with Crippen LogP contribution in [0.3, 0.4) is 0 Å². The molecule has 1 aliphatic carbocycles. The Balaban J connectivity index is 1.60. The molecule has 0 saturated carbocycles. The van der Waals surface area contributed by atoms with Crippen LogP contribution in [0.4, 0.5) is 8.78 Å². The van der Waals surface area contributed by atoms with Crippen LogP contribution in [0.5, 0.6) is 0 Å². The van der Waals surface area contributed by atoms with Crippen molar-refractivity contribution < 1.29 is 13.9 Å². The Kier molecular flexibility index (Phi) is 5.79. The Labute approximate surface area is 192 Å². The summed E-state index contributed by atoms with van der Waals surface area (Å²) in [7, 11) is 0. The fourth-order valence-electron chi connectivity index (χ4n) is 4.60. The topological polar surface area (TPSA) is 85.8 Å². The van der Waals surface area contributed by atoms with Crippen molar-refractivity contribution in [3.63, 3.8) is 0 Å². The van der Waals surface area contributed by atoms with E-state index in [1.54, 1.807) is 11.3 Å². The van der Waals surface area contributed by atoms with Crippen LogP contribution in [0.25, 0.3) is 10.2 Å². The Hall–Kier alpha value is -2.98. The van der Waals surface area contributed by atoms with E-state index in [0.717, 1.165) is 43.7 Å². The van der Waals surface area contributed by atoms with Gasteiger partial charge in [-0.05, 0) is 37.3 Å². The molecule has 0 aliphatic heterocycles. The first kappa shape index (κ1) is 21.8. The molecule has 172 valence electrons. The number of benzene rings is 1. The van der Waals surface area contributed by atoms with Crippen LogP contribution in [-0.4, -0.2) is 29.4 Å². The van der Waals surface area contributed by atoms with Gasteiger partial charge in [-0.15, -0.1) is 11.3 Å². The Bertz CT molecular complexity index is 1350. The highest BCUT2D eigenvalue weighted by Gasteiger charge is 2.35. The zero-order chi connectivity index (χ0) is 23.0. The second-order valence-corrected chi connectivity index (χ2v) is 9.61. The van der Waals surface area contributed by atoms with E-state index >= 15 is 0 Å². The van der Waals surface area contributed by atoms with Crippen LogP contribution in [0.2, 0.25) is 0 Å². The molecule has 3 heterocycles. The van der Waals surface area contributed by atoms with Gasteiger partial charge in [0.05, 0.1) is 24.8 Å². The Morgan fingerprint density at radius 1 is 1.09 bits per heavy atom. The summed E-state index contributed by atoms with van der Waals surface area (Å²) in [5.74, 6) is -1.66. The van der Waals surface area contributed by atoms with Crippen molar-refractivity contribution in [3.05, 3.63) is 75.2 Å². The summed E-state index contributed by atoms with van der Waals surface area (Å²) in [5.41, 5.74) is -1.24. The van der Waals surface area contributed by atoms with Crippen molar-refractivity contribution in [1.82, 2.24) is 24.3 Å². The third-order valence-corrected chi connectivity index (χ3v) is 7.40. The highest BCUT2D eigenvalue weighted by Crippen LogP contribution is 2.33. The highest BCUT2D eigenvalue weighted by atomic mass is 32.1. The number of aromatic nitrogens is 5. The number of hydrogen-bond donors (Lipinski definition) is 1. The monoisotopic (exact) mass is 471 g/mol. The molecule has 0 spiro atoms. The second kappa shape index (κ2) is 8.75. The predicted molar refractivity (Wildman–Crippen MR) is 120 cm³/mol. The van der Waals surface area contributed by atoms with E-state index in [4.69, 9.17) is 0 Å². The van der Waals surface area contributed by atoms with Gasteiger partial charge in [-0.2, -0.15) is 5.10 Å². The van der Waals surface area contributed by atoms with Crippen LogP contribution in [-0.2, 0) is 31.5 Å². The van der Waals surface area contributed by atoms with Gasteiger partial charge >= 0.3 is 0 Å². The lowest BCUT2D eigenvalue weighted by molar-refractivity contribution is -0.00641. The molecule has 1 unspecified atom stereocenters. The summed E-state index contributed by atoms with van der Waals surface area (Å²) in [6.45, 7) is -0.455. The van der Waals surface area contributed by atoms with Gasteiger partial charge < -0.3 is 5.11 Å². The number of rotatable bonds is 5. The maximum Gasteiger partial charge on any atom is 0.262 e. The molecular weight excluding hydrogens is 448 g/mol. The Morgan fingerprint density at radius 2 is 1.91 bits per heavy atom. The molecule has 0 bridgehead atoms. The smallest absolute Gasteiger partial charge is 0.262 e. The molecular formula is C23H23F2N5O2S. The third kappa shape index (κ3) is 4.20. The van der Waals surface area contributed by atoms with Crippen LogP contribution in [0, 0.1) is 11.6 Å². The SMILES string of the molecule is O=c1c2c3c(sc2ncn1CC(O)(Cn1cncn1)c1ccc(F)cc1F)CCCCCC3. The number of halogens is 2. The first-order chi connectivity index (χ1) is 15.9. The summed E-state index contributed by atoms with van der Waals surface area (Å²) >= 11 is 1.56. The average Bonchev–Trinajstić information content (AvgIpc) is 3.37. The molecule has 10 heteroatoms. The van der Waals surface area contributed by atoms with Gasteiger partial charge in [0, 0.05) is 16.5 Å². The van der Waals surface area contributed by atoms with E-state index < -0.39 is 17.2 Å². The molecule has 1 atom stereocenters. The van der Waals surface area contributed by atoms with Gasteiger partial charge in [-0.1, -0.05) is 18.9 Å². The maximum absolute atomic E-state index is 14.7. The summed E-state index contributed by atoms with van der Waals surface area (Å²) in [5, 5.41) is 16.2. The lowest BCUT2D eigenvalue weighted by Gasteiger charge is -2.29. The van der Waals surface area contributed by atoms with Crippen molar-refractivity contribution in [1.29, 1.82) is 0 Å². The fraction of sp³-hybridized carbons (Fsp3) is 0.391. The number of aliphatic hydroxyl groups is 1. The molecule has 0 amide bonds. The minimum absolute atomic E-state index is 0.132. The summed E-state index contributed by atoms with van der Waals surface area (Å²) in [6.07, 6.45) is 10.3. The number of hydrogen-bond acceptors (Lipinski definition) is 6. The van der Waals surface area contributed by atoms with Crippen molar-refractivity contribution in [2.45, 2.75) is 57.2 Å². The zero-order valence-electron chi connectivity index (χ0n) is 17.9. The standard InChI is InChI=1S/C23H23F2N5O2S/c24-15-7-8-17(18(25)9-15)23(32,11-30-13-26-12-28-30)10-29-14-27-21-20(22(29)31)16-5-3-1-2-4-6-19(16)33-21/h7-9,12-14,32H,1-6,10-11H2. The van der Waals surface area contributed by atoms with Crippen LogP contribution in [0.15, 0.2) is 42.0 Å². The first-order valence-electron chi connectivity index (χ1n) is 10.9. The fourth-order valence-corrected chi connectivity index (χ4v) is 5.82. The van der Waals surface area contributed by atoms with Crippen molar-refractivity contribution >= 4 is 21.6 Å². The number of nitrogens with zero attached hydrogens (tertiary/aromatic N) is 5. The third-order valence-electron chi connectivity index (χ3n) is 6.20. The molecule has 0 radical (unpaired) electrons. The van der Waals surface area contributed by atoms with E-state index in [0.29, 0.717) is 16.3 Å². The molecule has 33 heavy (non-hydrogen) atoms. The summed E-state index contributed by atoms with van der Waals surface area (Å²) in [4.78, 5) is 23.8.